The van der Waals surface area contributed by atoms with Crippen molar-refractivity contribution >= 4 is 5.97 Å². The summed E-state index contributed by atoms with van der Waals surface area (Å²) < 4.78 is 10.0. The first kappa shape index (κ1) is 14.3. The second-order valence-electron chi connectivity index (χ2n) is 3.72. The van der Waals surface area contributed by atoms with Gasteiger partial charge in [0.15, 0.2) is 0 Å². The molecule has 1 aromatic rings. The summed E-state index contributed by atoms with van der Waals surface area (Å²) in [7, 11) is 0. The van der Waals surface area contributed by atoms with Gasteiger partial charge in [0, 0.05) is 6.61 Å². The van der Waals surface area contributed by atoms with Crippen LogP contribution in [-0.4, -0.2) is 24.3 Å². The fourth-order valence-electron chi connectivity index (χ4n) is 1.40. The number of carbonyl (C=O) groups excluding carboxylic acids is 1. The van der Waals surface area contributed by atoms with Crippen LogP contribution >= 0.6 is 0 Å². The normalized spacial score (nSPS) is 9.89. The van der Waals surface area contributed by atoms with Gasteiger partial charge in [-0.15, -0.1) is 0 Å². The highest BCUT2D eigenvalue weighted by Crippen LogP contribution is 2.16. The number of aryl methyl sites for hydroxylation is 1. The number of ether oxygens (including phenoxy) is 2. The van der Waals surface area contributed by atoms with E-state index in [2.05, 4.69) is 6.58 Å². The maximum absolute atomic E-state index is 11.3. The highest BCUT2D eigenvalue weighted by atomic mass is 16.6. The molecule has 18 heavy (non-hydrogen) atoms. The number of carbonyl (C=O) groups is 1. The molecule has 4 heteroatoms. The van der Waals surface area contributed by atoms with Crippen LogP contribution in [-0.2, 0) is 16.0 Å². The lowest BCUT2D eigenvalue weighted by Crippen LogP contribution is -2.11. The van der Waals surface area contributed by atoms with Crippen LogP contribution < -0.4 is 4.74 Å². The van der Waals surface area contributed by atoms with E-state index in [4.69, 9.17) is 14.6 Å². The van der Waals surface area contributed by atoms with E-state index in [0.29, 0.717) is 12.4 Å². The van der Waals surface area contributed by atoms with Crippen molar-refractivity contribution in [2.75, 3.05) is 13.2 Å². The van der Waals surface area contributed by atoms with Crippen LogP contribution in [0.4, 0.5) is 0 Å². The minimum Gasteiger partial charge on any atom is -0.460 e. The summed E-state index contributed by atoms with van der Waals surface area (Å²) >= 11 is 0. The number of hydrogen-bond donors (Lipinski definition) is 1. The number of aliphatic hydroxyl groups is 1. The molecule has 1 rings (SSSR count). The predicted octanol–water partition coefficient (Wildman–Crippen LogP) is 2.07. The fourth-order valence-corrected chi connectivity index (χ4v) is 1.40. The van der Waals surface area contributed by atoms with Crippen LogP contribution in [0.2, 0.25) is 0 Å². The number of esters is 1. The maximum atomic E-state index is 11.3. The third-order valence-corrected chi connectivity index (χ3v) is 2.29. The molecule has 0 unspecified atom stereocenters. The summed E-state index contributed by atoms with van der Waals surface area (Å²) in [6.45, 7) is 5.71. The summed E-state index contributed by atoms with van der Waals surface area (Å²) in [5.41, 5.74) is 1.11. The molecule has 0 aliphatic carbocycles. The third kappa shape index (κ3) is 4.59. The third-order valence-electron chi connectivity index (χ3n) is 2.29. The molecule has 4 nitrogen and oxygen atoms in total. The highest BCUT2D eigenvalue weighted by Gasteiger charge is 2.09. The molecule has 0 heterocycles. The zero-order chi connectivity index (χ0) is 13.4. The van der Waals surface area contributed by atoms with Crippen LogP contribution in [0, 0.1) is 0 Å². The Balaban J connectivity index is 2.52. The minimum absolute atomic E-state index is 0.0278. The van der Waals surface area contributed by atoms with E-state index >= 15 is 0 Å². The van der Waals surface area contributed by atoms with Crippen LogP contribution in [0.25, 0.3) is 0 Å². The summed E-state index contributed by atoms with van der Waals surface area (Å²) in [5.74, 6) is -0.0392. The van der Waals surface area contributed by atoms with Gasteiger partial charge in [0.2, 0.25) is 5.76 Å². The Morgan fingerprint density at radius 3 is 2.56 bits per heavy atom. The van der Waals surface area contributed by atoms with Gasteiger partial charge in [0.05, 0.1) is 6.61 Å². The molecule has 0 amide bonds. The van der Waals surface area contributed by atoms with Gasteiger partial charge in [0.1, 0.15) is 5.75 Å². The molecule has 0 aliphatic heterocycles. The second kappa shape index (κ2) is 7.50. The fraction of sp³-hybridized carbons (Fsp3) is 0.357. The lowest BCUT2D eigenvalue weighted by atomic mass is 10.1. The standard InChI is InChI=1S/C14H18O4/c1-3-17-14(16)11(2)18-13-8-6-12(7-9-13)5-4-10-15/h6-9,15H,2-5,10H2,1H3. The van der Waals surface area contributed by atoms with E-state index in [9.17, 15) is 4.79 Å². The highest BCUT2D eigenvalue weighted by molar-refractivity contribution is 5.86. The molecule has 0 spiro atoms. The van der Waals surface area contributed by atoms with E-state index in [1.807, 2.05) is 12.1 Å². The largest absolute Gasteiger partial charge is 0.460 e. The Morgan fingerprint density at radius 2 is 2.00 bits per heavy atom. The molecule has 0 bridgehead atoms. The van der Waals surface area contributed by atoms with Crippen molar-refractivity contribution in [2.24, 2.45) is 0 Å². The summed E-state index contributed by atoms with van der Waals surface area (Å²) in [4.78, 5) is 11.3. The smallest absolute Gasteiger partial charge is 0.373 e. The molecule has 1 aromatic carbocycles. The van der Waals surface area contributed by atoms with Crippen molar-refractivity contribution in [1.82, 2.24) is 0 Å². The Kier molecular flexibility index (Phi) is 5.94. The van der Waals surface area contributed by atoms with Crippen molar-refractivity contribution in [2.45, 2.75) is 19.8 Å². The molecule has 0 fully saturated rings. The molecule has 0 aliphatic rings. The van der Waals surface area contributed by atoms with E-state index in [0.717, 1.165) is 18.4 Å². The monoisotopic (exact) mass is 250 g/mol. The van der Waals surface area contributed by atoms with Crippen molar-refractivity contribution in [3.63, 3.8) is 0 Å². The second-order valence-corrected chi connectivity index (χ2v) is 3.72. The quantitative estimate of drug-likeness (QED) is 0.457. The maximum Gasteiger partial charge on any atom is 0.373 e. The van der Waals surface area contributed by atoms with Crippen LogP contribution in [0.5, 0.6) is 5.75 Å². The molecule has 0 saturated carbocycles. The Bertz CT molecular complexity index is 395. The molecule has 0 radical (unpaired) electrons. The first-order valence-electron chi connectivity index (χ1n) is 5.91. The van der Waals surface area contributed by atoms with Gasteiger partial charge in [0.25, 0.3) is 0 Å². The van der Waals surface area contributed by atoms with Crippen molar-refractivity contribution < 1.29 is 19.4 Å². The Hall–Kier alpha value is -1.81. The van der Waals surface area contributed by atoms with Gasteiger partial charge in [-0.3, -0.25) is 0 Å². The molecular formula is C14H18O4. The first-order valence-corrected chi connectivity index (χ1v) is 5.91. The molecule has 1 N–H and O–H groups in total. The van der Waals surface area contributed by atoms with E-state index < -0.39 is 5.97 Å². The number of hydrogen-bond acceptors (Lipinski definition) is 4. The van der Waals surface area contributed by atoms with Crippen molar-refractivity contribution in [3.8, 4) is 5.75 Å². The number of aliphatic hydroxyl groups excluding tert-OH is 1. The van der Waals surface area contributed by atoms with E-state index in [1.54, 1.807) is 19.1 Å². The lowest BCUT2D eigenvalue weighted by molar-refractivity contribution is -0.140. The average molecular weight is 250 g/mol. The minimum atomic E-state index is -0.554. The van der Waals surface area contributed by atoms with Gasteiger partial charge in [-0.1, -0.05) is 12.1 Å². The zero-order valence-electron chi connectivity index (χ0n) is 10.5. The summed E-state index contributed by atoms with van der Waals surface area (Å²) in [6.07, 6.45) is 1.55. The van der Waals surface area contributed by atoms with Crippen molar-refractivity contribution in [3.05, 3.63) is 42.2 Å². The molecule has 0 atom stereocenters. The van der Waals surface area contributed by atoms with Gasteiger partial charge >= 0.3 is 5.97 Å². The lowest BCUT2D eigenvalue weighted by Gasteiger charge is -2.08. The molecule has 0 aromatic heterocycles. The van der Waals surface area contributed by atoms with Gasteiger partial charge < -0.3 is 14.6 Å². The molecule has 0 saturated heterocycles. The van der Waals surface area contributed by atoms with Gasteiger partial charge in [-0.2, -0.15) is 0 Å². The molecule has 98 valence electrons. The number of benzene rings is 1. The number of rotatable bonds is 7. The van der Waals surface area contributed by atoms with Crippen LogP contribution in [0.15, 0.2) is 36.6 Å². The van der Waals surface area contributed by atoms with Gasteiger partial charge in [-0.05, 0) is 44.0 Å². The van der Waals surface area contributed by atoms with Crippen molar-refractivity contribution in [1.29, 1.82) is 0 Å². The predicted molar refractivity (Wildman–Crippen MR) is 68.2 cm³/mol. The Labute approximate surface area is 107 Å². The topological polar surface area (TPSA) is 55.8 Å². The van der Waals surface area contributed by atoms with Gasteiger partial charge in [-0.25, -0.2) is 4.79 Å². The first-order chi connectivity index (χ1) is 8.67. The molecular weight excluding hydrogens is 232 g/mol. The van der Waals surface area contributed by atoms with E-state index in [-0.39, 0.29) is 12.4 Å². The summed E-state index contributed by atoms with van der Waals surface area (Å²) in [5, 5.41) is 8.73. The summed E-state index contributed by atoms with van der Waals surface area (Å²) in [6, 6.07) is 7.31. The van der Waals surface area contributed by atoms with E-state index in [1.165, 1.54) is 0 Å². The van der Waals surface area contributed by atoms with Crippen LogP contribution in [0.1, 0.15) is 18.9 Å². The zero-order valence-corrected chi connectivity index (χ0v) is 10.5. The average Bonchev–Trinajstić information content (AvgIpc) is 2.38. The SMILES string of the molecule is C=C(Oc1ccc(CCCO)cc1)C(=O)OCC. The Morgan fingerprint density at radius 1 is 1.33 bits per heavy atom. The van der Waals surface area contributed by atoms with Crippen LogP contribution in [0.3, 0.4) is 0 Å².